The molecule has 12 heterocycles. The highest BCUT2D eigenvalue weighted by molar-refractivity contribution is 9.09. The van der Waals surface area contributed by atoms with Gasteiger partial charge in [0.1, 0.15) is 46.8 Å². The second kappa shape index (κ2) is 43.9. The highest BCUT2D eigenvalue weighted by atomic mass is 79.9. The molecular formula is C83H101BrCl4F3N13O15S4. The Bertz CT molecular complexity index is 5000. The van der Waals surface area contributed by atoms with E-state index >= 15 is 0 Å². The number of aliphatic imine (C=N–C) groups is 3. The number of methoxy groups -OCH3 is 3. The van der Waals surface area contributed by atoms with E-state index in [1.165, 1.54) is 97.8 Å². The first-order valence-electron chi connectivity index (χ1n) is 39.1. The van der Waals surface area contributed by atoms with Crippen LogP contribution in [-0.4, -0.2) is 220 Å². The summed E-state index contributed by atoms with van der Waals surface area (Å²) in [7, 11) is 5.26. The molecule has 3 unspecified atom stereocenters. The molecule has 6 N–H and O–H groups in total. The maximum absolute atomic E-state index is 14.0. The van der Waals surface area contributed by atoms with Crippen molar-refractivity contribution in [3.63, 3.8) is 0 Å². The van der Waals surface area contributed by atoms with Crippen LogP contribution in [0, 0.1) is 29.3 Å². The van der Waals surface area contributed by atoms with Gasteiger partial charge in [0.05, 0.1) is 83.9 Å². The highest BCUT2D eigenvalue weighted by Crippen LogP contribution is 2.43. The van der Waals surface area contributed by atoms with Crippen LogP contribution >= 0.6 is 95.4 Å². The lowest BCUT2D eigenvalue weighted by atomic mass is 9.82. The van der Waals surface area contributed by atoms with Crippen molar-refractivity contribution in [2.45, 2.75) is 172 Å². The summed E-state index contributed by atoms with van der Waals surface area (Å²) in [6, 6.07) is 11.1. The van der Waals surface area contributed by atoms with E-state index in [-0.39, 0.29) is 76.2 Å². The Morgan fingerprint density at radius 1 is 0.528 bits per heavy atom. The zero-order valence-electron chi connectivity index (χ0n) is 68.5. The topological polar surface area (TPSA) is 350 Å². The minimum absolute atomic E-state index is 0. The number of fused-ring (bicyclic) bond motifs is 6. The minimum Gasteiger partial charge on any atom is -0.466 e. The maximum atomic E-state index is 14.0. The third kappa shape index (κ3) is 26.9. The molecule has 9 aliphatic heterocycles. The van der Waals surface area contributed by atoms with Crippen LogP contribution in [0.2, 0.25) is 15.1 Å². The summed E-state index contributed by atoms with van der Waals surface area (Å²) in [5, 5.41) is 21.8. The summed E-state index contributed by atoms with van der Waals surface area (Å²) in [5.41, 5.74) is 9.71. The third-order valence-electron chi connectivity index (χ3n) is 20.7. The van der Waals surface area contributed by atoms with Crippen LogP contribution in [0.3, 0.4) is 0 Å². The lowest BCUT2D eigenvalue weighted by molar-refractivity contribution is -0.158. The highest BCUT2D eigenvalue weighted by Gasteiger charge is 2.45. The molecule has 0 radical (unpaired) electrons. The molecule has 6 fully saturated rings. The molecule has 668 valence electrons. The lowest BCUT2D eigenvalue weighted by Crippen LogP contribution is -2.60. The summed E-state index contributed by atoms with van der Waals surface area (Å²) in [5.74, 6) is -1.12. The van der Waals surface area contributed by atoms with Crippen LogP contribution in [0.4, 0.5) is 13.2 Å². The predicted molar refractivity (Wildman–Crippen MR) is 471 cm³/mol. The molecule has 12 atom stereocenters. The monoisotopic (exact) mass is 1920 g/mol. The van der Waals surface area contributed by atoms with Gasteiger partial charge < -0.3 is 64.9 Å². The van der Waals surface area contributed by atoms with Crippen molar-refractivity contribution in [1.82, 2.24) is 46.0 Å². The van der Waals surface area contributed by atoms with Crippen molar-refractivity contribution in [2.75, 3.05) is 85.6 Å². The zero-order valence-corrected chi connectivity index (χ0v) is 76.4. The van der Waals surface area contributed by atoms with Gasteiger partial charge in [-0.05, 0) is 128 Å². The Kier molecular flexibility index (Phi) is 34.9. The molecular weight excluding hydrogens is 1830 g/mol. The summed E-state index contributed by atoms with van der Waals surface area (Å²) < 4.78 is 103. The van der Waals surface area contributed by atoms with Crippen LogP contribution in [0.25, 0.3) is 0 Å². The first-order valence-corrected chi connectivity index (χ1v) is 46.7. The molecule has 6 bridgehead atoms. The number of carbonyl (C=O) groups is 5. The lowest BCUT2D eigenvalue weighted by Gasteiger charge is -2.49. The molecule has 6 saturated heterocycles. The molecule has 6 aromatic rings. The number of thiazole rings is 3. The Hall–Kier alpha value is -7.37. The van der Waals surface area contributed by atoms with Crippen molar-refractivity contribution in [1.29, 1.82) is 0 Å². The number of amidine groups is 3. The fourth-order valence-corrected chi connectivity index (χ4v) is 18.9. The fourth-order valence-electron chi connectivity index (χ4n) is 15.9. The van der Waals surface area contributed by atoms with Crippen molar-refractivity contribution in [2.24, 2.45) is 32.5 Å². The first kappa shape index (κ1) is 97.8. The molecule has 0 spiro atoms. The van der Waals surface area contributed by atoms with E-state index in [1.807, 2.05) is 57.7 Å². The average molecular weight is 1930 g/mol. The number of esters is 5. The summed E-state index contributed by atoms with van der Waals surface area (Å²) in [6.07, 6.45) is 12.1. The molecule has 3 aromatic heterocycles. The van der Waals surface area contributed by atoms with Gasteiger partial charge in [0.15, 0.2) is 32.5 Å². The van der Waals surface area contributed by atoms with Crippen LogP contribution in [0.15, 0.2) is 138 Å². The van der Waals surface area contributed by atoms with E-state index in [0.29, 0.717) is 159 Å². The number of hydrogen-bond acceptors (Lipinski definition) is 31. The number of nitrogens with two attached hydrogens (primary N) is 1. The molecule has 28 nitrogen and oxygen atoms in total. The molecule has 0 aliphatic carbocycles. The number of aromatic nitrogens is 3. The summed E-state index contributed by atoms with van der Waals surface area (Å²) in [6.45, 7) is 16.0. The van der Waals surface area contributed by atoms with Crippen molar-refractivity contribution in [3.8, 4) is 0 Å². The van der Waals surface area contributed by atoms with Gasteiger partial charge in [-0.25, -0.2) is 50.9 Å². The van der Waals surface area contributed by atoms with Gasteiger partial charge in [0, 0.05) is 168 Å². The van der Waals surface area contributed by atoms with Gasteiger partial charge >= 0.3 is 29.8 Å². The number of halogens is 8. The summed E-state index contributed by atoms with van der Waals surface area (Å²) in [4.78, 5) is 95.0. The number of ether oxygens (including phenoxy) is 8. The van der Waals surface area contributed by atoms with E-state index in [0.717, 1.165) is 58.0 Å². The maximum Gasteiger partial charge on any atom is 0.338 e. The van der Waals surface area contributed by atoms with Crippen molar-refractivity contribution >= 4 is 152 Å². The van der Waals surface area contributed by atoms with Gasteiger partial charge in [-0.2, -0.15) is 0 Å². The predicted octanol–water partition coefficient (Wildman–Crippen LogP) is 13.5. The normalized spacial score (nSPS) is 24.4. The Morgan fingerprint density at radius 2 is 0.837 bits per heavy atom. The van der Waals surface area contributed by atoms with Crippen molar-refractivity contribution < 1.29 is 83.5 Å². The number of rotatable bonds is 18. The second-order valence-corrected chi connectivity index (χ2v) is 39.6. The number of carbonyl (C=O) groups excluding carboxylic acids is 5. The van der Waals surface area contributed by atoms with Crippen LogP contribution in [0.5, 0.6) is 0 Å². The van der Waals surface area contributed by atoms with E-state index in [2.05, 4.69) is 77.6 Å². The third-order valence-corrected chi connectivity index (χ3v) is 24.5. The molecule has 0 saturated carbocycles. The zero-order chi connectivity index (χ0) is 88.1. The molecule has 40 heteroatoms. The van der Waals surface area contributed by atoms with Gasteiger partial charge in [0.25, 0.3) is 0 Å². The number of benzene rings is 3. The summed E-state index contributed by atoms with van der Waals surface area (Å²) >= 11 is 26.7. The molecule has 123 heavy (non-hydrogen) atoms. The number of nitrogens with zero attached hydrogens (tertiary/aromatic N) is 8. The number of hydrogen-bond donors (Lipinski definition) is 5. The van der Waals surface area contributed by atoms with E-state index in [4.69, 9.17) is 88.4 Å². The second-order valence-electron chi connectivity index (χ2n) is 32.1. The average Bonchev–Trinajstić information content (AvgIpc) is 1.60. The number of piperidine rings is 3. The fraction of sp³-hybridized carbons (Fsp3) is 0.506. The van der Waals surface area contributed by atoms with Gasteiger partial charge in [-0.3, -0.25) is 34.4 Å². The van der Waals surface area contributed by atoms with Crippen LogP contribution in [-0.2, 0) is 70.9 Å². The number of alkyl halides is 1. The van der Waals surface area contributed by atoms with Gasteiger partial charge in [0.2, 0.25) is 9.05 Å². The van der Waals surface area contributed by atoms with E-state index in [9.17, 15) is 45.6 Å². The standard InChI is InChI=1S/C29H34ClFN4O5S.C23H25ClFN5O3S.C16H12BrClFN3O2S.C13H23NO3.CH3ClO2S.CH4/c1-29(2,3)40-23(36)11-16-9-18-14-39-15-19(10-16)35(18)13-22-24(28(37)38-4)25(20-6-5-17(31)12-21(20)30)34-26(33-22)27-32-7-8-41-27;1-32-23(31)19-18(9-30-14-7-13(26)8-15(30)11-33-10-14)28-21(22-27-4-5-34-22)29-20(19)16-3-2-12(25)6-17(16)24;1-24-16(23)12-11(7-17)21-14(15-20-4-5-25-15)22-13(12)9-3-2-8(19)6-10(9)18;1-13(2,3)17-12(15)6-9-4-10-7-16-8-11(5-9)14-10;1-5(2,3)4;/h5-8,12,16,18-19,25H,9-11,13-15H2,1-4H3,(H,33,34);2-6,13-15,20H,7-11,26H2,1H3,(H,28,29);2-6,13H,7H2,1H3,(H,21,22);9-11,14H,4-8H2,1-3H3;1H3;1H4/t16?,18-,19+,25-;13?,14-,15+,20-;13-;9?,10-,11+;;/m000.../s1. The molecule has 15 rings (SSSR count). The van der Waals surface area contributed by atoms with E-state index < -0.39 is 68.1 Å². The SMILES string of the molecule is C.CC(C)(C)OC(=O)CC1C[C@H]2COC[C@@H](C1)N2.COC(=O)C1=C(CBr)NC(c2nccs2)=N[C@H]1c1ccc(F)cc1Cl.COC(=O)C1=C(CN2[C@@H]3COC[C@H]2CC(CC(=O)OC(C)(C)C)C3)NC(c2nccs2)=N[C@H]1c1ccc(F)cc1Cl.COC(=O)C1=C(CN2[C@@H]3COC[C@H]2CC(N)C3)NC(c2nccs2)=N[C@H]1c1ccc(F)cc1Cl.CS(=O)(=O)Cl. The molecule has 3 aromatic carbocycles. The minimum atomic E-state index is -3.19. The Balaban J connectivity index is 0.000000175. The molecule has 9 aliphatic rings. The van der Waals surface area contributed by atoms with Gasteiger partial charge in [-0.1, -0.05) is 76.4 Å². The van der Waals surface area contributed by atoms with Gasteiger partial charge in [-0.15, -0.1) is 34.0 Å². The number of morpholine rings is 3. The van der Waals surface area contributed by atoms with Crippen LogP contribution < -0.4 is 27.0 Å². The number of allylic oxidation sites excluding steroid dienone is 1. The largest absolute Gasteiger partial charge is 0.466 e. The van der Waals surface area contributed by atoms with Crippen molar-refractivity contribution in [3.05, 3.63) is 187 Å². The number of nitrogens with one attached hydrogen (secondary N) is 4. The van der Waals surface area contributed by atoms with E-state index in [1.54, 1.807) is 30.7 Å². The quantitative estimate of drug-likeness (QED) is 0.0231. The first-order chi connectivity index (χ1) is 57.9. The molecule has 0 amide bonds. The Morgan fingerprint density at radius 3 is 1.14 bits per heavy atom. The van der Waals surface area contributed by atoms with Crippen LogP contribution in [0.1, 0.15) is 150 Å². The smallest absolute Gasteiger partial charge is 0.338 e. The Labute approximate surface area is 753 Å².